The maximum atomic E-state index is 12.6. The number of aryl methyl sites for hydroxylation is 1. The van der Waals surface area contributed by atoms with Gasteiger partial charge in [0.1, 0.15) is 23.8 Å². The van der Waals surface area contributed by atoms with Crippen LogP contribution in [0.3, 0.4) is 0 Å². The van der Waals surface area contributed by atoms with Gasteiger partial charge in [-0.2, -0.15) is 0 Å². The quantitative estimate of drug-likeness (QED) is 0.238. The summed E-state index contributed by atoms with van der Waals surface area (Å²) in [6, 6.07) is 6.37. The second-order valence-electron chi connectivity index (χ2n) is 9.08. The van der Waals surface area contributed by atoms with Gasteiger partial charge < -0.3 is 20.7 Å². The normalized spacial score (nSPS) is 21.7. The third kappa shape index (κ3) is 6.08. The van der Waals surface area contributed by atoms with E-state index in [4.69, 9.17) is 10.5 Å². The van der Waals surface area contributed by atoms with Crippen molar-refractivity contribution in [1.82, 2.24) is 24.2 Å². The third-order valence-electron chi connectivity index (χ3n) is 6.22. The highest BCUT2D eigenvalue weighted by molar-refractivity contribution is 7.89. The number of nitrogen functional groups attached to an aromatic ring is 1. The second kappa shape index (κ2) is 11.5. The minimum atomic E-state index is -3.83. The van der Waals surface area contributed by atoms with Crippen molar-refractivity contribution in [1.29, 1.82) is 0 Å². The molecule has 1 fully saturated rings. The predicted molar refractivity (Wildman–Crippen MR) is 138 cm³/mol. The minimum Gasteiger partial charge on any atom is -0.387 e. The Balaban J connectivity index is 1.49. The van der Waals surface area contributed by atoms with E-state index < -0.39 is 34.6 Å². The molecule has 1 aliphatic heterocycles. The number of aromatic nitrogens is 4. The van der Waals surface area contributed by atoms with Crippen molar-refractivity contribution in [3.05, 3.63) is 42.0 Å². The minimum absolute atomic E-state index is 0.0921. The van der Waals surface area contributed by atoms with Gasteiger partial charge >= 0.3 is 0 Å². The summed E-state index contributed by atoms with van der Waals surface area (Å²) in [4.78, 5) is 13.0. The lowest BCUT2D eigenvalue weighted by molar-refractivity contribution is -0.0330. The molecule has 2 aromatic heterocycles. The largest absolute Gasteiger partial charge is 0.387 e. The molecule has 4 atom stereocenters. The van der Waals surface area contributed by atoms with Crippen LogP contribution in [0.1, 0.15) is 56.6 Å². The average molecular weight is 529 g/mol. The molecule has 0 amide bonds. The zero-order valence-electron chi connectivity index (χ0n) is 20.8. The number of nitrogens with one attached hydrogen (secondary N) is 1. The van der Waals surface area contributed by atoms with Crippen molar-refractivity contribution in [2.24, 2.45) is 0 Å². The molecule has 198 valence electrons. The van der Waals surface area contributed by atoms with Gasteiger partial charge in [-0.1, -0.05) is 49.8 Å². The molecule has 0 spiro atoms. The third-order valence-corrected chi connectivity index (χ3v) is 7.66. The SMILES string of the molecule is CCCCCCC#Cc1nc(N)c2ncn([C@@H]3O[C@H](CNS(=O)(=O)c4ccc(C)cc4)[C@@H](O)[C@H]3O)c2n1. The molecule has 11 nitrogen and oxygen atoms in total. The van der Waals surface area contributed by atoms with Gasteiger partial charge in [-0.05, 0) is 31.4 Å². The Bertz CT molecular complexity index is 1400. The number of imidazole rings is 1. The van der Waals surface area contributed by atoms with E-state index in [1.807, 2.05) is 6.92 Å². The van der Waals surface area contributed by atoms with Crippen LogP contribution < -0.4 is 10.5 Å². The molecular weight excluding hydrogens is 496 g/mol. The summed E-state index contributed by atoms with van der Waals surface area (Å²) in [7, 11) is -3.83. The van der Waals surface area contributed by atoms with E-state index in [-0.39, 0.29) is 23.1 Å². The zero-order valence-corrected chi connectivity index (χ0v) is 21.6. The first-order chi connectivity index (χ1) is 17.7. The molecule has 1 aliphatic rings. The van der Waals surface area contributed by atoms with Crippen LogP contribution in [0.5, 0.6) is 0 Å². The Morgan fingerprint density at radius 1 is 1.14 bits per heavy atom. The van der Waals surface area contributed by atoms with Gasteiger partial charge in [0.25, 0.3) is 0 Å². The van der Waals surface area contributed by atoms with Gasteiger partial charge in [-0.25, -0.2) is 28.1 Å². The molecule has 0 unspecified atom stereocenters. The fourth-order valence-corrected chi connectivity index (χ4v) is 5.13. The summed E-state index contributed by atoms with van der Waals surface area (Å²) in [5.74, 6) is 6.34. The number of aliphatic hydroxyl groups is 2. The van der Waals surface area contributed by atoms with Gasteiger partial charge in [0.05, 0.1) is 11.2 Å². The Morgan fingerprint density at radius 3 is 2.62 bits per heavy atom. The lowest BCUT2D eigenvalue weighted by atomic mass is 10.1. The molecule has 12 heteroatoms. The lowest BCUT2D eigenvalue weighted by Crippen LogP contribution is -2.39. The smallest absolute Gasteiger partial charge is 0.240 e. The van der Waals surface area contributed by atoms with Gasteiger partial charge in [0, 0.05) is 13.0 Å². The molecule has 3 heterocycles. The van der Waals surface area contributed by atoms with Crippen LogP contribution in [0.25, 0.3) is 11.2 Å². The van der Waals surface area contributed by atoms with Crippen molar-refractivity contribution < 1.29 is 23.4 Å². The first-order valence-electron chi connectivity index (χ1n) is 12.3. The Kier molecular flexibility index (Phi) is 8.41. The van der Waals surface area contributed by atoms with Crippen LogP contribution in [0, 0.1) is 18.8 Å². The average Bonchev–Trinajstić information content (AvgIpc) is 3.41. The molecule has 37 heavy (non-hydrogen) atoms. The number of sulfonamides is 1. The van der Waals surface area contributed by atoms with E-state index in [0.29, 0.717) is 11.2 Å². The van der Waals surface area contributed by atoms with Crippen molar-refractivity contribution in [3.63, 3.8) is 0 Å². The molecule has 1 saturated heterocycles. The van der Waals surface area contributed by atoms with Crippen LogP contribution in [0.4, 0.5) is 5.82 Å². The van der Waals surface area contributed by atoms with Gasteiger partial charge in [0.15, 0.2) is 17.7 Å². The fourth-order valence-electron chi connectivity index (χ4n) is 4.08. The molecule has 0 saturated carbocycles. The number of aliphatic hydroxyl groups excluding tert-OH is 2. The van der Waals surface area contributed by atoms with Crippen LogP contribution in [-0.4, -0.2) is 63.0 Å². The summed E-state index contributed by atoms with van der Waals surface area (Å²) in [6.45, 7) is 3.76. The molecule has 0 bridgehead atoms. The van der Waals surface area contributed by atoms with E-state index in [0.717, 1.165) is 31.2 Å². The first kappa shape index (κ1) is 27.0. The van der Waals surface area contributed by atoms with Gasteiger partial charge in [0.2, 0.25) is 15.8 Å². The topological polar surface area (TPSA) is 165 Å². The molecule has 0 radical (unpaired) electrons. The highest BCUT2D eigenvalue weighted by atomic mass is 32.2. The monoisotopic (exact) mass is 528 g/mol. The van der Waals surface area contributed by atoms with E-state index in [1.54, 1.807) is 12.1 Å². The number of rotatable bonds is 9. The van der Waals surface area contributed by atoms with Crippen LogP contribution in [-0.2, 0) is 14.8 Å². The van der Waals surface area contributed by atoms with Crippen molar-refractivity contribution in [3.8, 4) is 11.8 Å². The number of anilines is 1. The number of benzene rings is 1. The molecule has 3 aromatic rings. The number of ether oxygens (including phenoxy) is 1. The van der Waals surface area contributed by atoms with E-state index >= 15 is 0 Å². The Hall–Kier alpha value is -3.08. The van der Waals surface area contributed by atoms with E-state index in [9.17, 15) is 18.6 Å². The van der Waals surface area contributed by atoms with Crippen LogP contribution in [0.2, 0.25) is 0 Å². The number of hydrogen-bond acceptors (Lipinski definition) is 9. The van der Waals surface area contributed by atoms with Gasteiger partial charge in [-0.15, -0.1) is 0 Å². The van der Waals surface area contributed by atoms with E-state index in [1.165, 1.54) is 29.4 Å². The van der Waals surface area contributed by atoms with Crippen LogP contribution in [0.15, 0.2) is 35.5 Å². The van der Waals surface area contributed by atoms with Crippen LogP contribution >= 0.6 is 0 Å². The van der Waals surface area contributed by atoms with Crippen molar-refractivity contribution >= 4 is 27.0 Å². The Morgan fingerprint density at radius 2 is 1.89 bits per heavy atom. The molecule has 4 rings (SSSR count). The summed E-state index contributed by atoms with van der Waals surface area (Å²) >= 11 is 0. The molecule has 1 aromatic carbocycles. The number of hydrogen-bond donors (Lipinski definition) is 4. The highest BCUT2D eigenvalue weighted by Crippen LogP contribution is 2.32. The van der Waals surface area contributed by atoms with Crippen molar-refractivity contribution in [2.75, 3.05) is 12.3 Å². The summed E-state index contributed by atoms with van der Waals surface area (Å²) < 4.78 is 35.0. The maximum absolute atomic E-state index is 12.6. The lowest BCUT2D eigenvalue weighted by Gasteiger charge is -2.16. The predicted octanol–water partition coefficient (Wildman–Crippen LogP) is 1.64. The number of nitrogens with two attached hydrogens (primary N) is 1. The molecule has 5 N–H and O–H groups in total. The number of unbranched alkanes of at least 4 members (excludes halogenated alkanes) is 4. The Labute approximate surface area is 216 Å². The molecule has 0 aliphatic carbocycles. The molecular formula is C25H32N6O5S. The summed E-state index contributed by atoms with van der Waals surface area (Å²) in [6.07, 6.45) is 1.72. The number of nitrogens with zero attached hydrogens (tertiary/aromatic N) is 4. The second-order valence-corrected chi connectivity index (χ2v) is 10.8. The number of fused-ring (bicyclic) bond motifs is 1. The first-order valence-corrected chi connectivity index (χ1v) is 13.8. The fraction of sp³-hybridized carbons (Fsp3) is 0.480. The maximum Gasteiger partial charge on any atom is 0.240 e. The highest BCUT2D eigenvalue weighted by Gasteiger charge is 2.44. The zero-order chi connectivity index (χ0) is 26.6. The van der Waals surface area contributed by atoms with E-state index in [2.05, 4.69) is 38.4 Å². The summed E-state index contributed by atoms with van der Waals surface area (Å²) in [5.41, 5.74) is 7.59. The summed E-state index contributed by atoms with van der Waals surface area (Å²) in [5, 5.41) is 21.3. The standard InChI is InChI=1S/C25H32N6O5S/c1-3-4-5-6-7-8-9-19-29-23(26)20-24(30-19)31(15-27-20)25-22(33)21(32)18(36-25)14-28-37(34,35)17-12-10-16(2)11-13-17/h10-13,15,18,21-22,25,28,32-33H,3-7,14H2,1-2H3,(H2,26,29,30)/t18-,21-,22-,25-/m1/s1. The van der Waals surface area contributed by atoms with Gasteiger partial charge in [-0.3, -0.25) is 4.57 Å². The van der Waals surface area contributed by atoms with Crippen molar-refractivity contribution in [2.45, 2.75) is 75.4 Å².